The summed E-state index contributed by atoms with van der Waals surface area (Å²) in [6.07, 6.45) is 0. The molecule has 1 heterocycles. The molecule has 32 heavy (non-hydrogen) atoms. The first-order valence-electron chi connectivity index (χ1n) is 9.96. The van der Waals surface area contributed by atoms with Gasteiger partial charge < -0.3 is 15.2 Å². The predicted molar refractivity (Wildman–Crippen MR) is 124 cm³/mol. The third-order valence-corrected chi connectivity index (χ3v) is 5.90. The number of hydrogen-bond acceptors (Lipinski definition) is 5. The highest BCUT2D eigenvalue weighted by atomic mass is 35.5. The van der Waals surface area contributed by atoms with Gasteiger partial charge in [-0.3, -0.25) is 9.59 Å². The molecule has 1 unspecified atom stereocenters. The molecule has 2 N–H and O–H groups in total. The van der Waals surface area contributed by atoms with Gasteiger partial charge in [0, 0.05) is 22.8 Å². The SMILES string of the molecule is CCn1c(SCC(=O)Nc2ccc(Cl)cc2C)nnc1C(C)NC(=O)c1ccc(F)cc1. The molecule has 10 heteroatoms. The average molecular weight is 476 g/mol. The van der Waals surface area contributed by atoms with Gasteiger partial charge in [-0.1, -0.05) is 23.4 Å². The van der Waals surface area contributed by atoms with Crippen molar-refractivity contribution in [3.63, 3.8) is 0 Å². The van der Waals surface area contributed by atoms with E-state index in [4.69, 9.17) is 11.6 Å². The zero-order valence-electron chi connectivity index (χ0n) is 17.9. The maximum atomic E-state index is 13.1. The van der Waals surface area contributed by atoms with Crippen LogP contribution < -0.4 is 10.6 Å². The molecule has 2 aromatic carbocycles. The molecule has 7 nitrogen and oxygen atoms in total. The lowest BCUT2D eigenvalue weighted by atomic mass is 10.2. The average Bonchev–Trinajstić information content (AvgIpc) is 3.17. The maximum absolute atomic E-state index is 13.1. The van der Waals surface area contributed by atoms with E-state index in [0.29, 0.717) is 33.8 Å². The quantitative estimate of drug-likeness (QED) is 0.464. The van der Waals surface area contributed by atoms with Crippen LogP contribution in [-0.2, 0) is 11.3 Å². The smallest absolute Gasteiger partial charge is 0.251 e. The minimum Gasteiger partial charge on any atom is -0.342 e. The molecule has 3 rings (SSSR count). The van der Waals surface area contributed by atoms with Crippen LogP contribution in [0.3, 0.4) is 0 Å². The summed E-state index contributed by atoms with van der Waals surface area (Å²) < 4.78 is 14.9. The largest absolute Gasteiger partial charge is 0.342 e. The van der Waals surface area contributed by atoms with E-state index < -0.39 is 11.9 Å². The molecule has 1 aromatic heterocycles. The summed E-state index contributed by atoms with van der Waals surface area (Å²) >= 11 is 7.21. The topological polar surface area (TPSA) is 88.9 Å². The minimum atomic E-state index is -0.431. The fourth-order valence-corrected chi connectivity index (χ4v) is 4.09. The monoisotopic (exact) mass is 475 g/mol. The van der Waals surface area contributed by atoms with Crippen LogP contribution in [0.1, 0.15) is 41.6 Å². The zero-order valence-corrected chi connectivity index (χ0v) is 19.4. The number of nitrogens with zero attached hydrogens (tertiary/aromatic N) is 3. The Kier molecular flexibility index (Phi) is 7.87. The standard InChI is InChI=1S/C22H23ClFN5O2S/c1-4-29-20(14(3)25-21(31)15-5-8-17(24)9-6-15)27-28-22(29)32-12-19(30)26-18-10-7-16(23)11-13(18)2/h5-11,14H,4,12H2,1-3H3,(H,25,31)(H,26,30). The number of amides is 2. The van der Waals surface area contributed by atoms with Gasteiger partial charge in [-0.25, -0.2) is 4.39 Å². The molecule has 0 spiro atoms. The van der Waals surface area contributed by atoms with Crippen LogP contribution in [0.2, 0.25) is 5.02 Å². The molecule has 168 valence electrons. The van der Waals surface area contributed by atoms with Crippen molar-refractivity contribution in [2.24, 2.45) is 0 Å². The molecule has 2 amide bonds. The molecule has 3 aromatic rings. The van der Waals surface area contributed by atoms with E-state index in [-0.39, 0.29) is 17.6 Å². The number of hydrogen-bond donors (Lipinski definition) is 2. The minimum absolute atomic E-state index is 0.149. The van der Waals surface area contributed by atoms with Crippen molar-refractivity contribution in [2.75, 3.05) is 11.1 Å². The molecule has 0 aliphatic carbocycles. The lowest BCUT2D eigenvalue weighted by molar-refractivity contribution is -0.113. The van der Waals surface area contributed by atoms with Gasteiger partial charge in [0.15, 0.2) is 11.0 Å². The first-order valence-corrected chi connectivity index (χ1v) is 11.3. The Bertz CT molecular complexity index is 1120. The summed E-state index contributed by atoms with van der Waals surface area (Å²) in [4.78, 5) is 24.8. The maximum Gasteiger partial charge on any atom is 0.251 e. The summed E-state index contributed by atoms with van der Waals surface area (Å²) in [6.45, 7) is 6.17. The number of nitrogens with one attached hydrogen (secondary N) is 2. The van der Waals surface area contributed by atoms with Crippen LogP contribution in [0, 0.1) is 12.7 Å². The normalized spacial score (nSPS) is 11.8. The fourth-order valence-electron chi connectivity index (χ4n) is 3.05. The molecule has 0 bridgehead atoms. The van der Waals surface area contributed by atoms with Crippen LogP contribution in [0.25, 0.3) is 0 Å². The number of aromatic nitrogens is 3. The molecular formula is C22H23ClFN5O2S. The number of aryl methyl sites for hydroxylation is 1. The molecule has 0 aliphatic heterocycles. The van der Waals surface area contributed by atoms with E-state index in [2.05, 4.69) is 20.8 Å². The summed E-state index contributed by atoms with van der Waals surface area (Å²) in [7, 11) is 0. The first-order chi connectivity index (χ1) is 15.3. The van der Waals surface area contributed by atoms with Gasteiger partial charge in [0.1, 0.15) is 5.82 Å². The number of halogens is 2. The van der Waals surface area contributed by atoms with Gasteiger partial charge in [-0.2, -0.15) is 0 Å². The number of carbonyl (C=O) groups excluding carboxylic acids is 2. The van der Waals surface area contributed by atoms with Crippen molar-refractivity contribution in [3.8, 4) is 0 Å². The molecule has 0 saturated carbocycles. The van der Waals surface area contributed by atoms with Gasteiger partial charge in [0.05, 0.1) is 11.8 Å². The second kappa shape index (κ2) is 10.6. The second-order valence-electron chi connectivity index (χ2n) is 7.08. The molecular weight excluding hydrogens is 453 g/mol. The van der Waals surface area contributed by atoms with Gasteiger partial charge in [-0.15, -0.1) is 10.2 Å². The third kappa shape index (κ3) is 5.86. The highest BCUT2D eigenvalue weighted by Crippen LogP contribution is 2.23. The van der Waals surface area contributed by atoms with Crippen LogP contribution in [0.15, 0.2) is 47.6 Å². The highest BCUT2D eigenvalue weighted by Gasteiger charge is 2.20. The summed E-state index contributed by atoms with van der Waals surface area (Å²) in [6, 6.07) is 10.1. The Morgan fingerprint density at radius 3 is 2.56 bits per heavy atom. The van der Waals surface area contributed by atoms with E-state index in [9.17, 15) is 14.0 Å². The molecule has 1 atom stereocenters. The Hall–Kier alpha value is -2.91. The van der Waals surface area contributed by atoms with Crippen LogP contribution in [0.5, 0.6) is 0 Å². The first kappa shape index (κ1) is 23.7. The van der Waals surface area contributed by atoms with E-state index >= 15 is 0 Å². The van der Waals surface area contributed by atoms with Crippen molar-refractivity contribution in [1.82, 2.24) is 20.1 Å². The number of anilines is 1. The lowest BCUT2D eigenvalue weighted by Crippen LogP contribution is -2.28. The van der Waals surface area contributed by atoms with Crippen LogP contribution in [0.4, 0.5) is 10.1 Å². The summed E-state index contributed by atoms with van der Waals surface area (Å²) in [5.41, 5.74) is 1.93. The molecule has 0 aliphatic rings. The second-order valence-corrected chi connectivity index (χ2v) is 8.46. The van der Waals surface area contributed by atoms with Crippen molar-refractivity contribution in [2.45, 2.75) is 38.5 Å². The third-order valence-electron chi connectivity index (χ3n) is 4.70. The van der Waals surface area contributed by atoms with Crippen molar-refractivity contribution in [1.29, 1.82) is 0 Å². The van der Waals surface area contributed by atoms with E-state index in [1.165, 1.54) is 36.0 Å². The highest BCUT2D eigenvalue weighted by molar-refractivity contribution is 7.99. The Balaban J connectivity index is 1.62. The fraction of sp³-hybridized carbons (Fsp3) is 0.273. The van der Waals surface area contributed by atoms with E-state index in [1.54, 1.807) is 25.1 Å². The number of benzene rings is 2. The Labute approximate surface area is 194 Å². The summed E-state index contributed by atoms with van der Waals surface area (Å²) in [5, 5.41) is 15.3. The number of rotatable bonds is 8. The Morgan fingerprint density at radius 2 is 1.91 bits per heavy atom. The predicted octanol–water partition coefficient (Wildman–Crippen LogP) is 4.62. The van der Waals surface area contributed by atoms with Crippen LogP contribution in [-0.4, -0.2) is 32.3 Å². The van der Waals surface area contributed by atoms with Crippen LogP contribution >= 0.6 is 23.4 Å². The zero-order chi connectivity index (χ0) is 23.3. The van der Waals surface area contributed by atoms with E-state index in [0.717, 1.165) is 5.56 Å². The van der Waals surface area contributed by atoms with Gasteiger partial charge in [-0.05, 0) is 68.8 Å². The van der Waals surface area contributed by atoms with E-state index in [1.807, 2.05) is 18.4 Å². The van der Waals surface area contributed by atoms with Gasteiger partial charge in [0.25, 0.3) is 5.91 Å². The van der Waals surface area contributed by atoms with Crippen molar-refractivity contribution < 1.29 is 14.0 Å². The number of thioether (sulfide) groups is 1. The van der Waals surface area contributed by atoms with Gasteiger partial charge >= 0.3 is 0 Å². The van der Waals surface area contributed by atoms with Gasteiger partial charge in [0.2, 0.25) is 5.91 Å². The summed E-state index contributed by atoms with van der Waals surface area (Å²) in [5.74, 6) is -0.201. The Morgan fingerprint density at radius 1 is 1.19 bits per heavy atom. The van der Waals surface area contributed by atoms with Crippen molar-refractivity contribution >= 4 is 40.9 Å². The molecule has 0 saturated heterocycles. The molecule has 0 radical (unpaired) electrons. The van der Waals surface area contributed by atoms with Crippen molar-refractivity contribution in [3.05, 3.63) is 70.3 Å². The molecule has 0 fully saturated rings. The lowest BCUT2D eigenvalue weighted by Gasteiger charge is -2.15. The number of carbonyl (C=O) groups is 2.